The number of carbonyl (C=O) groups is 2. The SMILES string of the molecule is Cc1ccc(S(=O)(=O)N(C)CC(=O)c2cccc(OC(=O)c3ccccc3)c2)cc1. The van der Waals surface area contributed by atoms with Gasteiger partial charge in [-0.05, 0) is 43.3 Å². The van der Waals surface area contributed by atoms with Gasteiger partial charge in [0.1, 0.15) is 5.75 Å². The van der Waals surface area contributed by atoms with Crippen molar-refractivity contribution >= 4 is 21.8 Å². The lowest BCUT2D eigenvalue weighted by atomic mass is 10.1. The molecule has 0 saturated heterocycles. The van der Waals surface area contributed by atoms with Crippen LogP contribution in [0.4, 0.5) is 0 Å². The van der Waals surface area contributed by atoms with Gasteiger partial charge in [-0.3, -0.25) is 4.79 Å². The fraction of sp³-hybridized carbons (Fsp3) is 0.130. The van der Waals surface area contributed by atoms with Gasteiger partial charge in [0, 0.05) is 12.6 Å². The summed E-state index contributed by atoms with van der Waals surface area (Å²) in [7, 11) is -2.44. The van der Waals surface area contributed by atoms with Crippen LogP contribution in [0.1, 0.15) is 26.3 Å². The zero-order chi connectivity index (χ0) is 21.7. The number of carbonyl (C=O) groups excluding carboxylic acids is 2. The number of sulfonamides is 1. The predicted molar refractivity (Wildman–Crippen MR) is 113 cm³/mol. The second-order valence-corrected chi connectivity index (χ2v) is 8.83. The van der Waals surface area contributed by atoms with Crippen molar-refractivity contribution in [2.45, 2.75) is 11.8 Å². The molecule has 0 radical (unpaired) electrons. The third kappa shape index (κ3) is 5.00. The molecule has 0 spiro atoms. The summed E-state index contributed by atoms with van der Waals surface area (Å²) in [5.74, 6) is -0.746. The number of likely N-dealkylation sites (N-methyl/N-ethyl adjacent to an activating group) is 1. The van der Waals surface area contributed by atoms with E-state index in [1.807, 2.05) is 6.92 Å². The second-order valence-electron chi connectivity index (χ2n) is 6.78. The molecule has 0 aliphatic heterocycles. The maximum atomic E-state index is 12.7. The lowest BCUT2D eigenvalue weighted by Gasteiger charge is -2.17. The standard InChI is InChI=1S/C23H21NO5S/c1-17-11-13-21(14-12-17)30(27,28)24(2)16-22(25)19-9-6-10-20(15-19)29-23(26)18-7-4-3-5-8-18/h3-15H,16H2,1-2H3. The summed E-state index contributed by atoms with van der Waals surface area (Å²) in [6, 6.07) is 21.0. The number of esters is 1. The highest BCUT2D eigenvalue weighted by molar-refractivity contribution is 7.89. The van der Waals surface area contributed by atoms with E-state index in [4.69, 9.17) is 4.74 Å². The molecule has 0 bridgehead atoms. The summed E-state index contributed by atoms with van der Waals surface area (Å²) in [5.41, 5.74) is 1.58. The average Bonchev–Trinajstić information content (AvgIpc) is 2.74. The van der Waals surface area contributed by atoms with Crippen LogP contribution in [-0.4, -0.2) is 38.1 Å². The van der Waals surface area contributed by atoms with Crippen molar-refractivity contribution < 1.29 is 22.7 Å². The highest BCUT2D eigenvalue weighted by atomic mass is 32.2. The summed E-state index contributed by atoms with van der Waals surface area (Å²) < 4.78 is 31.7. The second kappa shape index (κ2) is 9.02. The van der Waals surface area contributed by atoms with Gasteiger partial charge in [0.05, 0.1) is 17.0 Å². The number of nitrogens with zero attached hydrogens (tertiary/aromatic N) is 1. The van der Waals surface area contributed by atoms with Crippen LogP contribution in [0.3, 0.4) is 0 Å². The lowest BCUT2D eigenvalue weighted by molar-refractivity contribution is 0.0733. The van der Waals surface area contributed by atoms with Gasteiger partial charge in [-0.25, -0.2) is 13.2 Å². The molecule has 0 amide bonds. The summed E-state index contributed by atoms with van der Waals surface area (Å²) in [4.78, 5) is 25.0. The molecule has 3 aromatic rings. The number of aryl methyl sites for hydroxylation is 1. The van der Waals surface area contributed by atoms with Crippen LogP contribution in [-0.2, 0) is 10.0 Å². The van der Waals surface area contributed by atoms with E-state index < -0.39 is 21.8 Å². The van der Waals surface area contributed by atoms with E-state index in [-0.39, 0.29) is 22.8 Å². The summed E-state index contributed by atoms with van der Waals surface area (Å²) >= 11 is 0. The number of hydrogen-bond donors (Lipinski definition) is 0. The van der Waals surface area contributed by atoms with Gasteiger partial charge in [0.2, 0.25) is 10.0 Å². The predicted octanol–water partition coefficient (Wildman–Crippen LogP) is 3.72. The minimum atomic E-state index is -3.80. The first kappa shape index (κ1) is 21.4. The molecule has 0 aliphatic carbocycles. The summed E-state index contributed by atoms with van der Waals surface area (Å²) in [6.45, 7) is 1.52. The summed E-state index contributed by atoms with van der Waals surface area (Å²) in [5, 5.41) is 0. The van der Waals surface area contributed by atoms with Crippen molar-refractivity contribution in [1.29, 1.82) is 0 Å². The van der Waals surface area contributed by atoms with Crippen LogP contribution in [0.25, 0.3) is 0 Å². The third-order valence-electron chi connectivity index (χ3n) is 4.47. The van der Waals surface area contributed by atoms with Crippen molar-refractivity contribution in [2.75, 3.05) is 13.6 Å². The molecule has 0 N–H and O–H groups in total. The van der Waals surface area contributed by atoms with Crippen LogP contribution >= 0.6 is 0 Å². The average molecular weight is 423 g/mol. The minimum absolute atomic E-state index is 0.119. The number of hydrogen-bond acceptors (Lipinski definition) is 5. The van der Waals surface area contributed by atoms with Gasteiger partial charge in [0.15, 0.2) is 5.78 Å². The smallest absolute Gasteiger partial charge is 0.343 e. The van der Waals surface area contributed by atoms with E-state index in [9.17, 15) is 18.0 Å². The molecule has 7 heteroatoms. The Kier molecular flexibility index (Phi) is 6.44. The van der Waals surface area contributed by atoms with Crippen LogP contribution in [0.15, 0.2) is 83.8 Å². The van der Waals surface area contributed by atoms with Gasteiger partial charge in [-0.2, -0.15) is 4.31 Å². The zero-order valence-electron chi connectivity index (χ0n) is 16.6. The molecule has 3 rings (SSSR count). The molecule has 0 atom stereocenters. The highest BCUT2D eigenvalue weighted by Gasteiger charge is 2.23. The lowest BCUT2D eigenvalue weighted by Crippen LogP contribution is -2.32. The fourth-order valence-electron chi connectivity index (χ4n) is 2.74. The largest absolute Gasteiger partial charge is 0.423 e. The van der Waals surface area contributed by atoms with Crippen molar-refractivity contribution in [3.05, 3.63) is 95.6 Å². The number of Topliss-reactive ketones (excluding diaryl/α,β-unsaturated/α-hetero) is 1. The van der Waals surface area contributed by atoms with Gasteiger partial charge >= 0.3 is 5.97 Å². The van der Waals surface area contributed by atoms with E-state index >= 15 is 0 Å². The van der Waals surface area contributed by atoms with E-state index in [0.717, 1.165) is 9.87 Å². The van der Waals surface area contributed by atoms with Gasteiger partial charge in [-0.15, -0.1) is 0 Å². The normalized spacial score (nSPS) is 11.3. The first-order valence-corrected chi connectivity index (χ1v) is 10.6. The molecule has 154 valence electrons. The zero-order valence-corrected chi connectivity index (χ0v) is 17.4. The Morgan fingerprint density at radius 2 is 1.50 bits per heavy atom. The Labute approximate surface area is 175 Å². The third-order valence-corrected chi connectivity index (χ3v) is 6.29. The van der Waals surface area contributed by atoms with E-state index in [1.165, 1.54) is 25.2 Å². The van der Waals surface area contributed by atoms with Crippen LogP contribution in [0.2, 0.25) is 0 Å². The molecule has 0 aliphatic rings. The van der Waals surface area contributed by atoms with Crippen LogP contribution in [0.5, 0.6) is 5.75 Å². The molecule has 0 heterocycles. The molecule has 0 aromatic heterocycles. The Morgan fingerprint density at radius 3 is 2.17 bits per heavy atom. The first-order chi connectivity index (χ1) is 14.3. The topological polar surface area (TPSA) is 80.8 Å². The van der Waals surface area contributed by atoms with Crippen molar-refractivity contribution in [3.63, 3.8) is 0 Å². The minimum Gasteiger partial charge on any atom is -0.423 e. The van der Waals surface area contributed by atoms with E-state index in [1.54, 1.807) is 60.7 Å². The van der Waals surface area contributed by atoms with Gasteiger partial charge in [-0.1, -0.05) is 48.0 Å². The number of ketones is 1. The number of benzene rings is 3. The van der Waals surface area contributed by atoms with Gasteiger partial charge < -0.3 is 4.74 Å². The molecule has 0 saturated carbocycles. The highest BCUT2D eigenvalue weighted by Crippen LogP contribution is 2.18. The van der Waals surface area contributed by atoms with Crippen molar-refractivity contribution in [3.8, 4) is 5.75 Å². The van der Waals surface area contributed by atoms with E-state index in [2.05, 4.69) is 0 Å². The van der Waals surface area contributed by atoms with Crippen molar-refractivity contribution in [2.24, 2.45) is 0 Å². The molecule has 3 aromatic carbocycles. The molecule has 6 nitrogen and oxygen atoms in total. The Morgan fingerprint density at radius 1 is 0.867 bits per heavy atom. The maximum absolute atomic E-state index is 12.7. The van der Waals surface area contributed by atoms with Crippen molar-refractivity contribution in [1.82, 2.24) is 4.31 Å². The molecule has 30 heavy (non-hydrogen) atoms. The molecule has 0 unspecified atom stereocenters. The Hall–Kier alpha value is -3.29. The quantitative estimate of drug-likeness (QED) is 0.329. The van der Waals surface area contributed by atoms with Crippen LogP contribution in [0, 0.1) is 6.92 Å². The fourth-order valence-corrected chi connectivity index (χ4v) is 3.87. The molecule has 0 fully saturated rings. The first-order valence-electron chi connectivity index (χ1n) is 9.21. The monoisotopic (exact) mass is 423 g/mol. The summed E-state index contributed by atoms with van der Waals surface area (Å²) in [6.07, 6.45) is 0. The number of rotatable bonds is 7. The Bertz CT molecular complexity index is 1160. The van der Waals surface area contributed by atoms with Crippen LogP contribution < -0.4 is 4.74 Å². The number of ether oxygens (including phenoxy) is 1. The molecular formula is C23H21NO5S. The Balaban J connectivity index is 1.72. The maximum Gasteiger partial charge on any atom is 0.343 e. The van der Waals surface area contributed by atoms with Gasteiger partial charge in [0.25, 0.3) is 0 Å². The molecular weight excluding hydrogens is 402 g/mol. The van der Waals surface area contributed by atoms with E-state index in [0.29, 0.717) is 5.56 Å².